The second kappa shape index (κ2) is 10.2. The Morgan fingerprint density at radius 3 is 1.41 bits per heavy atom. The summed E-state index contributed by atoms with van der Waals surface area (Å²) in [5.41, 5.74) is -0.684. The molecule has 0 aliphatic rings. The number of amides is 1. The molecule has 22 heavy (non-hydrogen) atoms. The van der Waals surface area contributed by atoms with Crippen molar-refractivity contribution < 1.29 is 19.2 Å². The third-order valence-electron chi connectivity index (χ3n) is 3.61. The number of hydrogen-bond acceptors (Lipinski definition) is 5. The van der Waals surface area contributed by atoms with Crippen molar-refractivity contribution in [1.82, 2.24) is 10.6 Å². The van der Waals surface area contributed by atoms with Crippen LogP contribution in [0.4, 0.5) is 0 Å². The SMILES string of the molecule is CNCC(=O)NC(CCC(C)=O)(CCC(C)=O)CCC(C)=O. The van der Waals surface area contributed by atoms with Gasteiger partial charge in [-0.3, -0.25) is 4.79 Å². The van der Waals surface area contributed by atoms with E-state index in [1.54, 1.807) is 7.05 Å². The Hall–Kier alpha value is -1.56. The molecule has 0 aliphatic carbocycles. The molecule has 0 saturated heterocycles. The van der Waals surface area contributed by atoms with E-state index in [1.165, 1.54) is 20.8 Å². The number of nitrogens with one attached hydrogen (secondary N) is 2. The molecule has 0 aliphatic heterocycles. The van der Waals surface area contributed by atoms with E-state index in [1.807, 2.05) is 0 Å². The van der Waals surface area contributed by atoms with Crippen molar-refractivity contribution >= 4 is 23.3 Å². The molecule has 1 amide bonds. The molecular formula is C16H28N2O4. The lowest BCUT2D eigenvalue weighted by molar-refractivity contribution is -0.125. The van der Waals surface area contributed by atoms with Gasteiger partial charge in [0.15, 0.2) is 0 Å². The van der Waals surface area contributed by atoms with E-state index in [0.717, 1.165) is 0 Å². The van der Waals surface area contributed by atoms with Crippen LogP contribution in [-0.4, -0.2) is 42.4 Å². The summed E-state index contributed by atoms with van der Waals surface area (Å²) in [5, 5.41) is 5.71. The van der Waals surface area contributed by atoms with Gasteiger partial charge in [0.05, 0.1) is 6.54 Å². The number of hydrogen-bond donors (Lipinski definition) is 2. The van der Waals surface area contributed by atoms with Crippen molar-refractivity contribution in [2.45, 2.75) is 64.8 Å². The zero-order valence-electron chi connectivity index (χ0n) is 14.1. The van der Waals surface area contributed by atoms with Crippen LogP contribution in [0.2, 0.25) is 0 Å². The van der Waals surface area contributed by atoms with Gasteiger partial charge < -0.3 is 25.0 Å². The average molecular weight is 312 g/mol. The van der Waals surface area contributed by atoms with Gasteiger partial charge in [-0.15, -0.1) is 0 Å². The minimum absolute atomic E-state index is 0.0258. The average Bonchev–Trinajstić information content (AvgIpc) is 2.40. The Bertz CT molecular complexity index is 373. The van der Waals surface area contributed by atoms with E-state index >= 15 is 0 Å². The van der Waals surface area contributed by atoms with E-state index in [9.17, 15) is 19.2 Å². The predicted octanol–water partition coefficient (Wildman–Crippen LogP) is 1.17. The summed E-state index contributed by atoms with van der Waals surface area (Å²) >= 11 is 0. The van der Waals surface area contributed by atoms with E-state index in [4.69, 9.17) is 0 Å². The minimum Gasteiger partial charge on any atom is -0.350 e. The van der Waals surface area contributed by atoms with Gasteiger partial charge in [-0.1, -0.05) is 0 Å². The molecule has 0 spiro atoms. The number of Topliss-reactive ketones (excluding diaryl/α,β-unsaturated/α-hetero) is 3. The monoisotopic (exact) mass is 312 g/mol. The topological polar surface area (TPSA) is 92.3 Å². The molecule has 0 aromatic carbocycles. The molecule has 6 nitrogen and oxygen atoms in total. The van der Waals surface area contributed by atoms with Crippen molar-refractivity contribution in [2.75, 3.05) is 13.6 Å². The van der Waals surface area contributed by atoms with Gasteiger partial charge in [0.25, 0.3) is 0 Å². The van der Waals surface area contributed by atoms with Crippen LogP contribution in [0, 0.1) is 0 Å². The van der Waals surface area contributed by atoms with Gasteiger partial charge in [0, 0.05) is 24.8 Å². The molecule has 0 fully saturated rings. The second-order valence-electron chi connectivity index (χ2n) is 5.96. The second-order valence-corrected chi connectivity index (χ2v) is 5.96. The van der Waals surface area contributed by atoms with Crippen LogP contribution in [0.3, 0.4) is 0 Å². The fourth-order valence-corrected chi connectivity index (χ4v) is 2.31. The molecule has 0 saturated carbocycles. The van der Waals surface area contributed by atoms with Gasteiger partial charge >= 0.3 is 0 Å². The molecule has 126 valence electrons. The first-order valence-electron chi connectivity index (χ1n) is 7.64. The van der Waals surface area contributed by atoms with Gasteiger partial charge in [0.1, 0.15) is 17.3 Å². The quantitative estimate of drug-likeness (QED) is 0.564. The third kappa shape index (κ3) is 9.39. The summed E-state index contributed by atoms with van der Waals surface area (Å²) < 4.78 is 0. The van der Waals surface area contributed by atoms with Crippen LogP contribution in [0.25, 0.3) is 0 Å². The summed E-state index contributed by atoms with van der Waals surface area (Å²) in [5.74, 6) is -0.119. The van der Waals surface area contributed by atoms with Crippen molar-refractivity contribution in [3.8, 4) is 0 Å². The molecule has 0 aromatic rings. The number of carbonyl (C=O) groups is 4. The highest BCUT2D eigenvalue weighted by atomic mass is 16.2. The van der Waals surface area contributed by atoms with E-state index < -0.39 is 5.54 Å². The molecular weight excluding hydrogens is 284 g/mol. The van der Waals surface area contributed by atoms with E-state index in [-0.39, 0.29) is 29.8 Å². The summed E-state index contributed by atoms with van der Waals surface area (Å²) in [6, 6.07) is 0. The Labute approximate surface area is 132 Å². The highest BCUT2D eigenvalue weighted by Crippen LogP contribution is 2.26. The zero-order chi connectivity index (χ0) is 17.2. The maximum absolute atomic E-state index is 12.0. The Morgan fingerprint density at radius 2 is 1.14 bits per heavy atom. The third-order valence-corrected chi connectivity index (χ3v) is 3.61. The first-order valence-corrected chi connectivity index (χ1v) is 7.64. The van der Waals surface area contributed by atoms with E-state index in [0.29, 0.717) is 38.5 Å². The fraction of sp³-hybridized carbons (Fsp3) is 0.750. The fourth-order valence-electron chi connectivity index (χ4n) is 2.31. The maximum atomic E-state index is 12.0. The minimum atomic E-state index is -0.684. The molecule has 2 N–H and O–H groups in total. The molecule has 0 atom stereocenters. The van der Waals surface area contributed by atoms with Gasteiger partial charge in [-0.05, 0) is 47.1 Å². The van der Waals surface area contributed by atoms with Gasteiger partial charge in [-0.25, -0.2) is 0 Å². The van der Waals surface area contributed by atoms with Crippen molar-refractivity contribution in [3.05, 3.63) is 0 Å². The molecule has 0 rings (SSSR count). The predicted molar refractivity (Wildman–Crippen MR) is 84.5 cm³/mol. The molecule has 0 radical (unpaired) electrons. The standard InChI is InChI=1S/C16H28N2O4/c1-12(19)5-8-16(9-6-13(2)20,10-7-14(3)21)18-15(22)11-17-4/h17H,5-11H2,1-4H3,(H,18,22). The first kappa shape index (κ1) is 20.4. The van der Waals surface area contributed by atoms with E-state index in [2.05, 4.69) is 10.6 Å². The number of carbonyl (C=O) groups excluding carboxylic acids is 4. The molecule has 0 heterocycles. The van der Waals surface area contributed by atoms with Crippen LogP contribution in [0.5, 0.6) is 0 Å². The molecule has 0 aromatic heterocycles. The van der Waals surface area contributed by atoms with Gasteiger partial charge in [0.2, 0.25) is 5.91 Å². The number of likely N-dealkylation sites (N-methyl/N-ethyl adjacent to an activating group) is 1. The number of rotatable bonds is 12. The Morgan fingerprint density at radius 1 is 0.773 bits per heavy atom. The lowest BCUT2D eigenvalue weighted by Gasteiger charge is -2.35. The normalized spacial score (nSPS) is 11.1. The molecule has 0 bridgehead atoms. The van der Waals surface area contributed by atoms with Gasteiger partial charge in [-0.2, -0.15) is 0 Å². The van der Waals surface area contributed by atoms with Crippen molar-refractivity contribution in [2.24, 2.45) is 0 Å². The summed E-state index contributed by atoms with van der Waals surface area (Å²) in [4.78, 5) is 45.9. The summed E-state index contributed by atoms with van der Waals surface area (Å²) in [6.07, 6.45) is 2.27. The molecule has 0 unspecified atom stereocenters. The van der Waals surface area contributed by atoms with Crippen LogP contribution in [-0.2, 0) is 19.2 Å². The van der Waals surface area contributed by atoms with Crippen LogP contribution in [0.1, 0.15) is 59.3 Å². The summed E-state index contributed by atoms with van der Waals surface area (Å²) in [7, 11) is 1.67. The zero-order valence-corrected chi connectivity index (χ0v) is 14.1. The lowest BCUT2D eigenvalue weighted by atomic mass is 9.82. The highest BCUT2D eigenvalue weighted by Gasteiger charge is 2.32. The summed E-state index contributed by atoms with van der Waals surface area (Å²) in [6.45, 7) is 4.64. The van der Waals surface area contributed by atoms with Crippen LogP contribution >= 0.6 is 0 Å². The van der Waals surface area contributed by atoms with Crippen molar-refractivity contribution in [1.29, 1.82) is 0 Å². The lowest BCUT2D eigenvalue weighted by Crippen LogP contribution is -2.51. The van der Waals surface area contributed by atoms with Crippen LogP contribution in [0.15, 0.2) is 0 Å². The largest absolute Gasteiger partial charge is 0.350 e. The Balaban J connectivity index is 5.15. The van der Waals surface area contributed by atoms with Crippen molar-refractivity contribution in [3.63, 3.8) is 0 Å². The highest BCUT2D eigenvalue weighted by molar-refractivity contribution is 5.80. The smallest absolute Gasteiger partial charge is 0.234 e. The van der Waals surface area contributed by atoms with Crippen LogP contribution < -0.4 is 10.6 Å². The first-order chi connectivity index (χ1) is 10.2. The Kier molecular flexibility index (Phi) is 9.49. The molecule has 6 heteroatoms. The maximum Gasteiger partial charge on any atom is 0.234 e. The number of ketones is 3.